The molecule has 1 aliphatic carbocycles. The van der Waals surface area contributed by atoms with Crippen LogP contribution in [0.5, 0.6) is 5.75 Å². The molecule has 21 heavy (non-hydrogen) atoms. The van der Waals surface area contributed by atoms with Crippen molar-refractivity contribution >= 4 is 17.6 Å². The molecule has 0 spiro atoms. The number of ether oxygens (including phenoxy) is 1. The topological polar surface area (TPSA) is 99.4 Å². The fraction of sp³-hybridized carbons (Fsp3) is 0.400. The molecule has 1 amide bonds. The average molecular weight is 288 g/mol. The van der Waals surface area contributed by atoms with Crippen LogP contribution in [-0.4, -0.2) is 24.1 Å². The van der Waals surface area contributed by atoms with Gasteiger partial charge in [-0.3, -0.25) is 9.59 Å². The molecule has 1 fully saturated rings. The Morgan fingerprint density at radius 3 is 2.71 bits per heavy atom. The molecule has 1 aromatic rings. The molecule has 0 unspecified atom stereocenters. The van der Waals surface area contributed by atoms with Gasteiger partial charge in [0.2, 0.25) is 5.91 Å². The van der Waals surface area contributed by atoms with E-state index in [-0.39, 0.29) is 11.5 Å². The number of hydrogen-bond acceptors (Lipinski definition) is 4. The summed E-state index contributed by atoms with van der Waals surface area (Å²) in [5.41, 5.74) is 0.580. The fourth-order valence-corrected chi connectivity index (χ4v) is 2.71. The first kappa shape index (κ1) is 14.9. The summed E-state index contributed by atoms with van der Waals surface area (Å²) in [7, 11) is 1.45. The van der Waals surface area contributed by atoms with Gasteiger partial charge in [0.05, 0.1) is 24.5 Å². The van der Waals surface area contributed by atoms with Crippen LogP contribution in [0.25, 0.3) is 0 Å². The van der Waals surface area contributed by atoms with Gasteiger partial charge in [-0.05, 0) is 25.0 Å². The number of para-hydroxylation sites is 1. The number of carbonyl (C=O) groups excluding carboxylic acids is 1. The summed E-state index contributed by atoms with van der Waals surface area (Å²) in [6.45, 7) is 0. The fourth-order valence-electron chi connectivity index (χ4n) is 2.71. The molecule has 1 saturated carbocycles. The van der Waals surface area contributed by atoms with Gasteiger partial charge in [0.15, 0.2) is 0 Å². The molecule has 2 atom stereocenters. The summed E-state index contributed by atoms with van der Waals surface area (Å²) in [6.07, 6.45) is 1.76. The lowest BCUT2D eigenvalue weighted by molar-refractivity contribution is -0.145. The third kappa shape index (κ3) is 2.97. The first-order valence-electron chi connectivity index (χ1n) is 6.69. The SMILES string of the molecule is COc1cccc(C#N)c1NC(=O)[C@@H]1CCC[C@@H]1C(=O)O. The van der Waals surface area contributed by atoms with Gasteiger partial charge >= 0.3 is 5.97 Å². The van der Waals surface area contributed by atoms with Crippen LogP contribution in [0, 0.1) is 23.2 Å². The maximum atomic E-state index is 12.3. The van der Waals surface area contributed by atoms with Crippen LogP contribution in [0.4, 0.5) is 5.69 Å². The minimum Gasteiger partial charge on any atom is -0.495 e. The van der Waals surface area contributed by atoms with Gasteiger partial charge < -0.3 is 15.2 Å². The average Bonchev–Trinajstić information content (AvgIpc) is 2.97. The molecule has 2 rings (SSSR count). The van der Waals surface area contributed by atoms with Crippen molar-refractivity contribution in [1.29, 1.82) is 5.26 Å². The summed E-state index contributed by atoms with van der Waals surface area (Å²) < 4.78 is 5.14. The van der Waals surface area contributed by atoms with Crippen LogP contribution in [0.15, 0.2) is 18.2 Å². The number of anilines is 1. The normalized spacial score (nSPS) is 20.6. The summed E-state index contributed by atoms with van der Waals surface area (Å²) >= 11 is 0. The number of hydrogen-bond donors (Lipinski definition) is 2. The van der Waals surface area contributed by atoms with E-state index >= 15 is 0 Å². The minimum atomic E-state index is -0.951. The number of methoxy groups -OCH3 is 1. The van der Waals surface area contributed by atoms with Gasteiger partial charge in [0.1, 0.15) is 17.5 Å². The molecular weight excluding hydrogens is 272 g/mol. The lowest BCUT2D eigenvalue weighted by Gasteiger charge is -2.17. The smallest absolute Gasteiger partial charge is 0.307 e. The number of carbonyl (C=O) groups is 2. The summed E-state index contributed by atoms with van der Waals surface area (Å²) in [5.74, 6) is -2.18. The number of nitrogens with zero attached hydrogens (tertiary/aromatic N) is 1. The van der Waals surface area contributed by atoms with Crippen LogP contribution in [0.3, 0.4) is 0 Å². The van der Waals surface area contributed by atoms with Crippen LogP contribution in [0.2, 0.25) is 0 Å². The van der Waals surface area contributed by atoms with E-state index in [1.165, 1.54) is 7.11 Å². The Morgan fingerprint density at radius 2 is 2.10 bits per heavy atom. The monoisotopic (exact) mass is 288 g/mol. The van der Waals surface area contributed by atoms with E-state index < -0.39 is 17.8 Å². The number of nitriles is 1. The Labute approximate surface area is 122 Å². The predicted octanol–water partition coefficient (Wildman–Crippen LogP) is 2.01. The summed E-state index contributed by atoms with van der Waals surface area (Å²) in [5, 5.41) is 20.9. The highest BCUT2D eigenvalue weighted by atomic mass is 16.5. The van der Waals surface area contributed by atoms with Crippen molar-refractivity contribution < 1.29 is 19.4 Å². The molecule has 0 bridgehead atoms. The quantitative estimate of drug-likeness (QED) is 0.882. The lowest BCUT2D eigenvalue weighted by Crippen LogP contribution is -2.30. The number of amides is 1. The van der Waals surface area contributed by atoms with E-state index in [1.54, 1.807) is 18.2 Å². The molecule has 0 saturated heterocycles. The molecule has 0 aromatic heterocycles. The van der Waals surface area contributed by atoms with Crippen molar-refractivity contribution in [3.63, 3.8) is 0 Å². The molecule has 110 valence electrons. The van der Waals surface area contributed by atoms with Gasteiger partial charge in [-0.1, -0.05) is 12.5 Å². The van der Waals surface area contributed by atoms with Crippen molar-refractivity contribution in [3.05, 3.63) is 23.8 Å². The van der Waals surface area contributed by atoms with Crippen LogP contribution in [-0.2, 0) is 9.59 Å². The molecule has 0 aliphatic heterocycles. The van der Waals surface area contributed by atoms with Crippen LogP contribution in [0.1, 0.15) is 24.8 Å². The number of aliphatic carboxylic acids is 1. The van der Waals surface area contributed by atoms with Gasteiger partial charge in [0.25, 0.3) is 0 Å². The maximum Gasteiger partial charge on any atom is 0.307 e. The number of carboxylic acids is 1. The van der Waals surface area contributed by atoms with Crippen molar-refractivity contribution in [2.45, 2.75) is 19.3 Å². The Kier molecular flexibility index (Phi) is 4.43. The van der Waals surface area contributed by atoms with E-state index in [1.807, 2.05) is 6.07 Å². The van der Waals surface area contributed by atoms with Crippen molar-refractivity contribution in [2.75, 3.05) is 12.4 Å². The van der Waals surface area contributed by atoms with E-state index in [0.717, 1.165) is 0 Å². The van der Waals surface area contributed by atoms with Crippen molar-refractivity contribution in [2.24, 2.45) is 11.8 Å². The number of benzene rings is 1. The largest absolute Gasteiger partial charge is 0.495 e. The summed E-state index contributed by atoms with van der Waals surface area (Å²) in [4.78, 5) is 23.5. The van der Waals surface area contributed by atoms with Gasteiger partial charge in [0, 0.05) is 0 Å². The zero-order valence-electron chi connectivity index (χ0n) is 11.6. The second-order valence-corrected chi connectivity index (χ2v) is 4.97. The second-order valence-electron chi connectivity index (χ2n) is 4.97. The second kappa shape index (κ2) is 6.27. The molecule has 1 aromatic carbocycles. The highest BCUT2D eigenvalue weighted by Crippen LogP contribution is 2.34. The van der Waals surface area contributed by atoms with Crippen LogP contribution < -0.4 is 10.1 Å². The maximum absolute atomic E-state index is 12.3. The number of nitrogens with one attached hydrogen (secondary N) is 1. The first-order valence-corrected chi connectivity index (χ1v) is 6.69. The summed E-state index contributed by atoms with van der Waals surface area (Å²) in [6, 6.07) is 6.85. The molecule has 6 heteroatoms. The van der Waals surface area contributed by atoms with Crippen LogP contribution >= 0.6 is 0 Å². The molecule has 0 radical (unpaired) electrons. The predicted molar refractivity (Wildman–Crippen MR) is 74.8 cm³/mol. The standard InChI is InChI=1S/C15H16N2O4/c1-21-12-7-2-4-9(8-16)13(12)17-14(18)10-5-3-6-11(10)15(19)20/h2,4,7,10-11H,3,5-6H2,1H3,(H,17,18)(H,19,20)/t10-,11+/m1/s1. The van der Waals surface area contributed by atoms with Gasteiger partial charge in [-0.15, -0.1) is 0 Å². The van der Waals surface area contributed by atoms with Crippen molar-refractivity contribution in [3.8, 4) is 11.8 Å². The van der Waals surface area contributed by atoms with E-state index in [4.69, 9.17) is 15.1 Å². The Hall–Kier alpha value is -2.55. The first-order chi connectivity index (χ1) is 10.1. The molecule has 0 heterocycles. The third-order valence-electron chi connectivity index (χ3n) is 3.78. The van der Waals surface area contributed by atoms with E-state index in [2.05, 4.69) is 5.32 Å². The minimum absolute atomic E-state index is 0.285. The number of carboxylic acid groups (broad SMARTS) is 1. The van der Waals surface area contributed by atoms with Gasteiger partial charge in [-0.2, -0.15) is 5.26 Å². The molecule has 2 N–H and O–H groups in total. The Bertz CT molecular complexity index is 606. The van der Waals surface area contributed by atoms with Gasteiger partial charge in [-0.25, -0.2) is 0 Å². The number of rotatable bonds is 4. The van der Waals surface area contributed by atoms with Crippen molar-refractivity contribution in [1.82, 2.24) is 0 Å². The highest BCUT2D eigenvalue weighted by Gasteiger charge is 2.38. The molecule has 1 aliphatic rings. The third-order valence-corrected chi connectivity index (χ3v) is 3.78. The van der Waals surface area contributed by atoms with E-state index in [9.17, 15) is 9.59 Å². The molecular formula is C15H16N2O4. The highest BCUT2D eigenvalue weighted by molar-refractivity contribution is 5.97. The lowest BCUT2D eigenvalue weighted by atomic mass is 9.95. The Morgan fingerprint density at radius 1 is 1.38 bits per heavy atom. The van der Waals surface area contributed by atoms with E-state index in [0.29, 0.717) is 30.7 Å². The Balaban J connectivity index is 2.24. The zero-order chi connectivity index (χ0) is 15.4. The molecule has 6 nitrogen and oxygen atoms in total. The zero-order valence-corrected chi connectivity index (χ0v) is 11.6.